The zero-order valence-corrected chi connectivity index (χ0v) is 17.1. The lowest BCUT2D eigenvalue weighted by Gasteiger charge is -2.26. The highest BCUT2D eigenvalue weighted by Gasteiger charge is 2.34. The van der Waals surface area contributed by atoms with Crippen molar-refractivity contribution >= 4 is 11.9 Å². The first kappa shape index (κ1) is 19.1. The molecule has 3 aromatic rings. The second-order valence-electron chi connectivity index (χ2n) is 7.39. The second kappa shape index (κ2) is 8.39. The predicted molar refractivity (Wildman–Crippen MR) is 113 cm³/mol. The third-order valence-electron chi connectivity index (χ3n) is 5.08. The van der Waals surface area contributed by atoms with Gasteiger partial charge in [0.25, 0.3) is 0 Å². The maximum atomic E-state index is 5.99. The Morgan fingerprint density at radius 3 is 2.89 bits per heavy atom. The van der Waals surface area contributed by atoms with E-state index in [0.29, 0.717) is 6.61 Å². The molecule has 4 rings (SSSR count). The van der Waals surface area contributed by atoms with Crippen LogP contribution in [0.1, 0.15) is 23.6 Å². The van der Waals surface area contributed by atoms with Gasteiger partial charge in [0.15, 0.2) is 0 Å². The quantitative estimate of drug-likeness (QED) is 0.451. The van der Waals surface area contributed by atoms with E-state index >= 15 is 0 Å². The first-order valence-electron chi connectivity index (χ1n) is 9.55. The highest BCUT2D eigenvalue weighted by Crippen LogP contribution is 2.36. The van der Waals surface area contributed by atoms with Crippen LogP contribution in [0.25, 0.3) is 0 Å². The molecule has 2 aromatic carbocycles. The molecule has 1 unspecified atom stereocenters. The number of fused-ring (bicyclic) bond motifs is 1. The smallest absolute Gasteiger partial charge is 0.129 e. The van der Waals surface area contributed by atoms with Crippen LogP contribution in [0.5, 0.6) is 5.75 Å². The Balaban J connectivity index is 1.34. The van der Waals surface area contributed by atoms with E-state index < -0.39 is 0 Å². The van der Waals surface area contributed by atoms with Crippen LogP contribution in [0.2, 0.25) is 0 Å². The third kappa shape index (κ3) is 4.41. The zero-order chi connectivity index (χ0) is 19.4. The van der Waals surface area contributed by atoms with Crippen LogP contribution < -0.4 is 14.8 Å². The van der Waals surface area contributed by atoms with E-state index in [9.17, 15) is 0 Å². The molecule has 0 aliphatic carbocycles. The summed E-state index contributed by atoms with van der Waals surface area (Å²) in [6, 6.07) is 17.1. The molecular formula is C22H26N4OS. The van der Waals surface area contributed by atoms with Crippen molar-refractivity contribution in [2.45, 2.75) is 30.5 Å². The van der Waals surface area contributed by atoms with E-state index in [-0.39, 0.29) is 5.54 Å². The van der Waals surface area contributed by atoms with Gasteiger partial charge in [0, 0.05) is 31.9 Å². The number of hydrogen-bond donors (Lipinski definition) is 2. The van der Waals surface area contributed by atoms with Gasteiger partial charge >= 0.3 is 0 Å². The Hall–Kier alpha value is -2.28. The van der Waals surface area contributed by atoms with Gasteiger partial charge in [-0.15, -0.1) is 0 Å². The molecule has 0 radical (unpaired) electrons. The minimum atomic E-state index is -0.0663. The van der Waals surface area contributed by atoms with Gasteiger partial charge in [0.1, 0.15) is 17.4 Å². The summed E-state index contributed by atoms with van der Waals surface area (Å²) in [6.45, 7) is 4.54. The maximum absolute atomic E-state index is 5.99. The predicted octanol–water partition coefficient (Wildman–Crippen LogP) is 3.66. The van der Waals surface area contributed by atoms with Crippen molar-refractivity contribution < 1.29 is 4.74 Å². The van der Waals surface area contributed by atoms with Gasteiger partial charge in [-0.25, -0.2) is 4.98 Å². The lowest BCUT2D eigenvalue weighted by Crippen LogP contribution is -2.35. The molecule has 6 heteroatoms. The van der Waals surface area contributed by atoms with Crippen molar-refractivity contribution in [2.75, 3.05) is 13.2 Å². The van der Waals surface area contributed by atoms with Gasteiger partial charge in [-0.2, -0.15) is 0 Å². The summed E-state index contributed by atoms with van der Waals surface area (Å²) in [4.78, 5) is 4.28. The monoisotopic (exact) mass is 394 g/mol. The second-order valence-corrected chi connectivity index (χ2v) is 8.30. The van der Waals surface area contributed by atoms with Gasteiger partial charge < -0.3 is 14.6 Å². The molecule has 0 amide bonds. The van der Waals surface area contributed by atoms with Crippen molar-refractivity contribution in [2.24, 2.45) is 7.05 Å². The molecule has 28 heavy (non-hydrogen) atoms. The molecule has 1 aliphatic rings. The summed E-state index contributed by atoms with van der Waals surface area (Å²) in [7, 11) is 1.97. The molecule has 2 N–H and O–H groups in total. The summed E-state index contributed by atoms with van der Waals surface area (Å²) in [6.07, 6.45) is 4.75. The Kier molecular flexibility index (Phi) is 5.71. The average Bonchev–Trinajstić information content (AvgIpc) is 3.26. The number of imidazole rings is 1. The van der Waals surface area contributed by atoms with Crippen LogP contribution in [-0.4, -0.2) is 22.7 Å². The van der Waals surface area contributed by atoms with Crippen molar-refractivity contribution in [3.63, 3.8) is 0 Å². The van der Waals surface area contributed by atoms with Gasteiger partial charge in [-0.05, 0) is 54.1 Å². The number of benzene rings is 2. The molecule has 1 atom stereocenters. The van der Waals surface area contributed by atoms with Crippen molar-refractivity contribution in [1.29, 1.82) is 0 Å². The van der Waals surface area contributed by atoms with Crippen LogP contribution in [0.15, 0.2) is 66.1 Å². The molecule has 1 aromatic heterocycles. The van der Waals surface area contributed by atoms with Crippen molar-refractivity contribution in [1.82, 2.24) is 19.6 Å². The molecule has 2 heterocycles. The summed E-state index contributed by atoms with van der Waals surface area (Å²) in [5, 5.41) is 4.65. The lowest BCUT2D eigenvalue weighted by molar-refractivity contribution is 0.322. The SMILES string of the molecule is Cn1cnc(SNCCOc2ccc3c(c2)C(C)(Cc2ccccc2)NC3)c1. The number of rotatable bonds is 8. The Bertz CT molecular complexity index is 927. The molecule has 0 fully saturated rings. The standard InChI is InChI=1S/C22H26N4OS/c1-22(13-17-6-4-3-5-7-17)20-12-19(9-8-18(20)14-24-22)27-11-10-25-28-21-15-26(2)16-23-21/h3-9,12,15-16,24-25H,10-11,13-14H2,1-2H3. The van der Waals surface area contributed by atoms with Crippen molar-refractivity contribution in [3.8, 4) is 5.75 Å². The minimum absolute atomic E-state index is 0.0663. The average molecular weight is 395 g/mol. The summed E-state index contributed by atoms with van der Waals surface area (Å²) in [5.41, 5.74) is 3.97. The number of nitrogens with zero attached hydrogens (tertiary/aromatic N) is 2. The Labute approximate surface area is 170 Å². The van der Waals surface area contributed by atoms with Crippen LogP contribution in [0.4, 0.5) is 0 Å². The van der Waals surface area contributed by atoms with E-state index in [1.807, 2.05) is 17.8 Å². The number of aromatic nitrogens is 2. The first-order valence-corrected chi connectivity index (χ1v) is 10.4. The van der Waals surface area contributed by atoms with Crippen LogP contribution in [0, 0.1) is 0 Å². The van der Waals surface area contributed by atoms with Gasteiger partial charge in [0.05, 0.1) is 6.33 Å². The summed E-state index contributed by atoms with van der Waals surface area (Å²) >= 11 is 1.53. The van der Waals surface area contributed by atoms with Crippen molar-refractivity contribution in [3.05, 3.63) is 77.7 Å². The normalized spacial score (nSPS) is 18.2. The molecular weight excluding hydrogens is 368 g/mol. The van der Waals surface area contributed by atoms with E-state index in [1.54, 1.807) is 6.33 Å². The first-order chi connectivity index (χ1) is 13.6. The van der Waals surface area contributed by atoms with Gasteiger partial charge in [-0.1, -0.05) is 36.4 Å². The van der Waals surface area contributed by atoms with E-state index in [4.69, 9.17) is 4.74 Å². The van der Waals surface area contributed by atoms with Crippen LogP contribution in [-0.2, 0) is 25.6 Å². The number of nitrogens with one attached hydrogen (secondary N) is 2. The fourth-order valence-electron chi connectivity index (χ4n) is 3.64. The Morgan fingerprint density at radius 2 is 2.11 bits per heavy atom. The Morgan fingerprint density at radius 1 is 1.25 bits per heavy atom. The van der Waals surface area contributed by atoms with E-state index in [2.05, 4.69) is 70.5 Å². The van der Waals surface area contributed by atoms with Crippen LogP contribution in [0.3, 0.4) is 0 Å². The molecule has 146 valence electrons. The topological polar surface area (TPSA) is 51.1 Å². The molecule has 0 spiro atoms. The largest absolute Gasteiger partial charge is 0.492 e. The molecule has 5 nitrogen and oxygen atoms in total. The molecule has 0 bridgehead atoms. The fraction of sp³-hybridized carbons (Fsp3) is 0.318. The maximum Gasteiger partial charge on any atom is 0.129 e. The molecule has 0 saturated carbocycles. The zero-order valence-electron chi connectivity index (χ0n) is 16.3. The fourth-order valence-corrected chi connectivity index (χ4v) is 4.29. The summed E-state index contributed by atoms with van der Waals surface area (Å²) in [5.74, 6) is 0.923. The summed E-state index contributed by atoms with van der Waals surface area (Å²) < 4.78 is 11.2. The van der Waals surface area contributed by atoms with Gasteiger partial charge in [-0.3, -0.25) is 4.72 Å². The van der Waals surface area contributed by atoms with E-state index in [1.165, 1.54) is 28.6 Å². The minimum Gasteiger partial charge on any atom is -0.492 e. The molecule has 0 saturated heterocycles. The lowest BCUT2D eigenvalue weighted by atomic mass is 9.86. The van der Waals surface area contributed by atoms with Crippen LogP contribution >= 0.6 is 11.9 Å². The highest BCUT2D eigenvalue weighted by molar-refractivity contribution is 7.97. The third-order valence-corrected chi connectivity index (χ3v) is 5.84. The highest BCUT2D eigenvalue weighted by atomic mass is 32.2. The van der Waals surface area contributed by atoms with E-state index in [0.717, 1.165) is 30.3 Å². The number of aryl methyl sites for hydroxylation is 1. The number of ether oxygens (including phenoxy) is 1. The van der Waals surface area contributed by atoms with Gasteiger partial charge in [0.2, 0.25) is 0 Å². The number of hydrogen-bond acceptors (Lipinski definition) is 5. The molecule has 1 aliphatic heterocycles.